The summed E-state index contributed by atoms with van der Waals surface area (Å²) in [5.41, 5.74) is 8.18. The Morgan fingerprint density at radius 1 is 1.56 bits per heavy atom. The lowest BCUT2D eigenvalue weighted by atomic mass is 9.81. The summed E-state index contributed by atoms with van der Waals surface area (Å²) in [5.74, 6) is -0.315. The van der Waals surface area contributed by atoms with Gasteiger partial charge in [-0.05, 0) is 36.1 Å². The molecule has 0 amide bonds. The van der Waals surface area contributed by atoms with E-state index in [1.54, 1.807) is 0 Å². The molecule has 0 saturated heterocycles. The van der Waals surface area contributed by atoms with Crippen molar-refractivity contribution in [1.82, 2.24) is 0 Å². The van der Waals surface area contributed by atoms with Gasteiger partial charge in [0.2, 0.25) is 0 Å². The van der Waals surface area contributed by atoms with E-state index in [9.17, 15) is 4.79 Å². The zero-order chi connectivity index (χ0) is 11.7. The summed E-state index contributed by atoms with van der Waals surface area (Å²) in [6.45, 7) is 0. The molecule has 1 aromatic rings. The summed E-state index contributed by atoms with van der Waals surface area (Å²) in [5, 5.41) is 0.686. The first-order chi connectivity index (χ1) is 7.61. The lowest BCUT2D eigenvalue weighted by molar-refractivity contribution is -0.146. The Bertz CT molecular complexity index is 419. The monoisotopic (exact) mass is 239 g/mol. The first-order valence-corrected chi connectivity index (χ1v) is 5.61. The third kappa shape index (κ3) is 2.06. The molecule has 3 nitrogen and oxygen atoms in total. The maximum Gasteiger partial charge on any atom is 0.309 e. The fourth-order valence-corrected chi connectivity index (χ4v) is 2.41. The summed E-state index contributed by atoms with van der Waals surface area (Å²) < 4.78 is 4.76. The van der Waals surface area contributed by atoms with Crippen molar-refractivity contribution in [2.45, 2.75) is 18.9 Å². The van der Waals surface area contributed by atoms with Crippen LogP contribution in [0.5, 0.6) is 0 Å². The number of esters is 1. The van der Waals surface area contributed by atoms with Gasteiger partial charge in [0.25, 0.3) is 0 Å². The summed E-state index contributed by atoms with van der Waals surface area (Å²) in [4.78, 5) is 11.5. The average Bonchev–Trinajstić information content (AvgIpc) is 2.28. The molecule has 16 heavy (non-hydrogen) atoms. The molecule has 0 aliphatic heterocycles. The number of benzene rings is 1. The van der Waals surface area contributed by atoms with Gasteiger partial charge in [0.05, 0.1) is 13.0 Å². The standard InChI is InChI=1S/C12H14ClNO2/c1-16-12(15)8-4-7-2-3-9(13)6-10(7)11(14)5-8/h2-3,6,8,11H,4-5,14H2,1H3/t8-,11+/m1/s1. The summed E-state index contributed by atoms with van der Waals surface area (Å²) >= 11 is 5.92. The maximum atomic E-state index is 11.5. The Kier molecular flexibility index (Phi) is 3.17. The van der Waals surface area contributed by atoms with E-state index in [0.29, 0.717) is 17.9 Å². The van der Waals surface area contributed by atoms with Gasteiger partial charge in [-0.3, -0.25) is 4.79 Å². The molecule has 0 bridgehead atoms. The molecule has 1 aliphatic carbocycles. The lowest BCUT2D eigenvalue weighted by Crippen LogP contribution is -2.29. The van der Waals surface area contributed by atoms with Gasteiger partial charge >= 0.3 is 5.97 Å². The summed E-state index contributed by atoms with van der Waals surface area (Å²) in [6, 6.07) is 5.51. The third-order valence-corrected chi connectivity index (χ3v) is 3.28. The van der Waals surface area contributed by atoms with Gasteiger partial charge in [-0.1, -0.05) is 17.7 Å². The predicted molar refractivity (Wildman–Crippen MR) is 62.2 cm³/mol. The van der Waals surface area contributed by atoms with Crippen molar-refractivity contribution in [3.8, 4) is 0 Å². The molecule has 2 N–H and O–H groups in total. The number of carbonyl (C=O) groups excluding carboxylic acids is 1. The zero-order valence-electron chi connectivity index (χ0n) is 9.07. The number of carbonyl (C=O) groups is 1. The predicted octanol–water partition coefficient (Wildman–Crippen LogP) is 2.08. The molecule has 1 aromatic carbocycles. The Labute approximate surface area is 99.5 Å². The average molecular weight is 240 g/mol. The second-order valence-corrected chi connectivity index (χ2v) is 4.55. The van der Waals surface area contributed by atoms with Crippen LogP contribution < -0.4 is 5.73 Å². The topological polar surface area (TPSA) is 52.3 Å². The molecule has 0 aromatic heterocycles. The summed E-state index contributed by atoms with van der Waals surface area (Å²) in [6.07, 6.45) is 1.31. The second kappa shape index (κ2) is 4.44. The van der Waals surface area contributed by atoms with E-state index in [2.05, 4.69) is 0 Å². The van der Waals surface area contributed by atoms with Crippen LogP contribution in [-0.4, -0.2) is 13.1 Å². The maximum absolute atomic E-state index is 11.5. The number of methoxy groups -OCH3 is 1. The Morgan fingerprint density at radius 3 is 3.00 bits per heavy atom. The molecule has 0 heterocycles. The van der Waals surface area contributed by atoms with Crippen LogP contribution >= 0.6 is 11.6 Å². The minimum absolute atomic E-state index is 0.131. The van der Waals surface area contributed by atoms with Gasteiger partial charge in [0, 0.05) is 11.1 Å². The second-order valence-electron chi connectivity index (χ2n) is 4.11. The Morgan fingerprint density at radius 2 is 2.31 bits per heavy atom. The summed E-state index contributed by atoms with van der Waals surface area (Å²) in [7, 11) is 1.41. The largest absolute Gasteiger partial charge is 0.469 e. The fraction of sp³-hybridized carbons (Fsp3) is 0.417. The van der Waals surface area contributed by atoms with Crippen molar-refractivity contribution in [3.63, 3.8) is 0 Å². The minimum Gasteiger partial charge on any atom is -0.469 e. The molecule has 0 spiro atoms. The van der Waals surface area contributed by atoms with Crippen molar-refractivity contribution in [2.75, 3.05) is 7.11 Å². The SMILES string of the molecule is COC(=O)[C@@H]1Cc2ccc(Cl)cc2[C@@H](N)C1. The van der Waals surface area contributed by atoms with Crippen LogP contribution in [0.2, 0.25) is 5.02 Å². The normalized spacial score (nSPS) is 23.7. The first kappa shape index (κ1) is 11.4. The number of ether oxygens (including phenoxy) is 1. The molecule has 1 aliphatic rings. The van der Waals surface area contributed by atoms with Crippen LogP contribution in [0.4, 0.5) is 0 Å². The molecule has 0 radical (unpaired) electrons. The highest BCUT2D eigenvalue weighted by atomic mass is 35.5. The van der Waals surface area contributed by atoms with Gasteiger partial charge in [-0.25, -0.2) is 0 Å². The van der Waals surface area contributed by atoms with Crippen molar-refractivity contribution < 1.29 is 9.53 Å². The van der Waals surface area contributed by atoms with Crippen LogP contribution in [0.15, 0.2) is 18.2 Å². The molecule has 86 valence electrons. The molecular formula is C12H14ClNO2. The van der Waals surface area contributed by atoms with Crippen LogP contribution in [0.25, 0.3) is 0 Å². The van der Waals surface area contributed by atoms with E-state index in [1.165, 1.54) is 7.11 Å². The highest BCUT2D eigenvalue weighted by molar-refractivity contribution is 6.30. The Balaban J connectivity index is 2.30. The van der Waals surface area contributed by atoms with E-state index in [1.807, 2.05) is 18.2 Å². The molecule has 0 fully saturated rings. The third-order valence-electron chi connectivity index (χ3n) is 3.05. The number of fused-ring (bicyclic) bond motifs is 1. The highest BCUT2D eigenvalue weighted by Crippen LogP contribution is 2.33. The smallest absolute Gasteiger partial charge is 0.309 e. The quantitative estimate of drug-likeness (QED) is 0.764. The number of hydrogen-bond acceptors (Lipinski definition) is 3. The first-order valence-electron chi connectivity index (χ1n) is 5.23. The minimum atomic E-state index is -0.184. The molecule has 2 atom stereocenters. The van der Waals surface area contributed by atoms with Crippen LogP contribution in [0.3, 0.4) is 0 Å². The van der Waals surface area contributed by atoms with Gasteiger partial charge < -0.3 is 10.5 Å². The van der Waals surface area contributed by atoms with Gasteiger partial charge in [0.1, 0.15) is 0 Å². The van der Waals surface area contributed by atoms with Crippen molar-refractivity contribution >= 4 is 17.6 Å². The van der Waals surface area contributed by atoms with E-state index in [0.717, 1.165) is 11.1 Å². The van der Waals surface area contributed by atoms with Crippen LogP contribution in [-0.2, 0) is 16.0 Å². The number of nitrogens with two attached hydrogens (primary N) is 1. The number of hydrogen-bond donors (Lipinski definition) is 1. The fourth-order valence-electron chi connectivity index (χ4n) is 2.23. The number of rotatable bonds is 1. The highest BCUT2D eigenvalue weighted by Gasteiger charge is 2.29. The Hall–Kier alpha value is -1.06. The van der Waals surface area contributed by atoms with E-state index in [4.69, 9.17) is 22.1 Å². The van der Waals surface area contributed by atoms with Crippen molar-refractivity contribution in [3.05, 3.63) is 34.3 Å². The molecular weight excluding hydrogens is 226 g/mol. The van der Waals surface area contributed by atoms with Crippen molar-refractivity contribution in [2.24, 2.45) is 11.7 Å². The molecule has 2 rings (SSSR count). The zero-order valence-corrected chi connectivity index (χ0v) is 9.83. The van der Waals surface area contributed by atoms with E-state index in [-0.39, 0.29) is 17.9 Å². The lowest BCUT2D eigenvalue weighted by Gasteiger charge is -2.27. The van der Waals surface area contributed by atoms with Gasteiger partial charge in [-0.15, -0.1) is 0 Å². The van der Waals surface area contributed by atoms with Gasteiger partial charge in [0.15, 0.2) is 0 Å². The molecule has 4 heteroatoms. The van der Waals surface area contributed by atoms with Crippen molar-refractivity contribution in [1.29, 1.82) is 0 Å². The van der Waals surface area contributed by atoms with Crippen LogP contribution in [0, 0.1) is 5.92 Å². The number of halogens is 1. The van der Waals surface area contributed by atoms with Crippen LogP contribution in [0.1, 0.15) is 23.6 Å². The molecule has 0 unspecified atom stereocenters. The van der Waals surface area contributed by atoms with E-state index >= 15 is 0 Å². The van der Waals surface area contributed by atoms with E-state index < -0.39 is 0 Å². The molecule has 0 saturated carbocycles. The van der Waals surface area contributed by atoms with Gasteiger partial charge in [-0.2, -0.15) is 0 Å².